The second-order valence-electron chi connectivity index (χ2n) is 5.74. The molecule has 134 valence electrons. The summed E-state index contributed by atoms with van der Waals surface area (Å²) in [7, 11) is 0. The summed E-state index contributed by atoms with van der Waals surface area (Å²) in [5.41, 5.74) is 2.02. The number of hydrogen-bond acceptors (Lipinski definition) is 6. The highest BCUT2D eigenvalue weighted by Gasteiger charge is 2.12. The van der Waals surface area contributed by atoms with E-state index in [0.717, 1.165) is 11.1 Å². The molecule has 0 atom stereocenters. The number of nitrogens with one attached hydrogen (secondary N) is 1. The standard InChI is InChI=1S/C18H18N4O3S/c1-12-5-7-14(8-6-12)24-11-16-21-22(18(26)25-16)10-15(23)20-17-13(2)4-3-9-19-17/h3-9H,10-11H2,1-2H3,(H,19,20,23). The molecule has 26 heavy (non-hydrogen) atoms. The van der Waals surface area contributed by atoms with Crippen LogP contribution in [0.3, 0.4) is 0 Å². The highest BCUT2D eigenvalue weighted by molar-refractivity contribution is 7.71. The van der Waals surface area contributed by atoms with Gasteiger partial charge in [-0.15, -0.1) is 5.10 Å². The third-order valence-electron chi connectivity index (χ3n) is 3.59. The number of carbonyl (C=O) groups excluding carboxylic acids is 1. The smallest absolute Gasteiger partial charge is 0.287 e. The summed E-state index contributed by atoms with van der Waals surface area (Å²) in [5, 5.41) is 6.91. The number of ether oxygens (including phenoxy) is 1. The molecule has 0 unspecified atom stereocenters. The molecule has 1 amide bonds. The van der Waals surface area contributed by atoms with Crippen molar-refractivity contribution in [3.05, 3.63) is 64.5 Å². The molecule has 0 spiro atoms. The summed E-state index contributed by atoms with van der Waals surface area (Å²) in [5.74, 6) is 1.23. The lowest BCUT2D eigenvalue weighted by atomic mass is 10.2. The van der Waals surface area contributed by atoms with Crippen LogP contribution in [0.15, 0.2) is 47.0 Å². The second-order valence-corrected chi connectivity index (χ2v) is 6.09. The van der Waals surface area contributed by atoms with Crippen molar-refractivity contribution >= 4 is 23.9 Å². The number of amides is 1. The average Bonchev–Trinajstić information content (AvgIpc) is 2.96. The molecule has 2 aromatic heterocycles. The quantitative estimate of drug-likeness (QED) is 0.670. The van der Waals surface area contributed by atoms with E-state index in [0.29, 0.717) is 17.5 Å². The Morgan fingerprint density at radius 1 is 1.27 bits per heavy atom. The highest BCUT2D eigenvalue weighted by Crippen LogP contribution is 2.14. The van der Waals surface area contributed by atoms with Gasteiger partial charge in [-0.05, 0) is 49.8 Å². The third-order valence-corrected chi connectivity index (χ3v) is 3.89. The first-order chi connectivity index (χ1) is 12.5. The Hall–Kier alpha value is -3.00. The Labute approximate surface area is 155 Å². The predicted octanol–water partition coefficient (Wildman–Crippen LogP) is 3.44. The minimum atomic E-state index is -0.290. The molecule has 3 rings (SSSR count). The lowest BCUT2D eigenvalue weighted by molar-refractivity contribution is -0.117. The Kier molecular flexibility index (Phi) is 5.43. The van der Waals surface area contributed by atoms with Gasteiger partial charge in [0.25, 0.3) is 10.7 Å². The summed E-state index contributed by atoms with van der Waals surface area (Å²) in [4.78, 5) is 16.4. The minimum absolute atomic E-state index is 0.0666. The maximum Gasteiger partial charge on any atom is 0.287 e. The van der Waals surface area contributed by atoms with Crippen LogP contribution in [0.4, 0.5) is 5.82 Å². The molecule has 0 aliphatic heterocycles. The van der Waals surface area contributed by atoms with Gasteiger partial charge < -0.3 is 14.5 Å². The Morgan fingerprint density at radius 2 is 2.04 bits per heavy atom. The lowest BCUT2D eigenvalue weighted by Crippen LogP contribution is -2.20. The lowest BCUT2D eigenvalue weighted by Gasteiger charge is -2.06. The highest BCUT2D eigenvalue weighted by atomic mass is 32.1. The van der Waals surface area contributed by atoms with Crippen molar-refractivity contribution in [2.75, 3.05) is 5.32 Å². The van der Waals surface area contributed by atoms with Crippen LogP contribution in [0.25, 0.3) is 0 Å². The molecule has 0 radical (unpaired) electrons. The van der Waals surface area contributed by atoms with E-state index < -0.39 is 0 Å². The van der Waals surface area contributed by atoms with Gasteiger partial charge in [0.15, 0.2) is 6.61 Å². The van der Waals surface area contributed by atoms with E-state index in [-0.39, 0.29) is 23.9 Å². The minimum Gasteiger partial charge on any atom is -0.484 e. The van der Waals surface area contributed by atoms with Crippen molar-refractivity contribution in [2.45, 2.75) is 27.0 Å². The zero-order valence-corrected chi connectivity index (χ0v) is 15.2. The second kappa shape index (κ2) is 7.92. The van der Waals surface area contributed by atoms with Gasteiger partial charge >= 0.3 is 0 Å². The molecule has 1 N–H and O–H groups in total. The summed E-state index contributed by atoms with van der Waals surface area (Å²) in [6.45, 7) is 3.93. The van der Waals surface area contributed by atoms with E-state index in [2.05, 4.69) is 15.4 Å². The summed E-state index contributed by atoms with van der Waals surface area (Å²) in [6.07, 6.45) is 1.62. The Balaban J connectivity index is 1.61. The fourth-order valence-corrected chi connectivity index (χ4v) is 2.41. The first kappa shape index (κ1) is 17.8. The molecule has 3 aromatic rings. The van der Waals surface area contributed by atoms with E-state index in [1.54, 1.807) is 12.3 Å². The van der Waals surface area contributed by atoms with Crippen LogP contribution in [-0.2, 0) is 17.9 Å². The van der Waals surface area contributed by atoms with Gasteiger partial charge in [-0.3, -0.25) is 4.79 Å². The van der Waals surface area contributed by atoms with Gasteiger partial charge in [-0.25, -0.2) is 9.67 Å². The average molecular weight is 370 g/mol. The van der Waals surface area contributed by atoms with Gasteiger partial charge in [-0.1, -0.05) is 23.8 Å². The summed E-state index contributed by atoms with van der Waals surface area (Å²) >= 11 is 5.11. The number of pyridine rings is 1. The molecule has 0 aliphatic carbocycles. The van der Waals surface area contributed by atoms with Crippen molar-refractivity contribution in [2.24, 2.45) is 0 Å². The first-order valence-electron chi connectivity index (χ1n) is 7.99. The van der Waals surface area contributed by atoms with Gasteiger partial charge in [0.2, 0.25) is 5.91 Å². The topological polar surface area (TPSA) is 82.2 Å². The van der Waals surface area contributed by atoms with E-state index in [9.17, 15) is 4.79 Å². The monoisotopic (exact) mass is 370 g/mol. The third kappa shape index (κ3) is 4.54. The SMILES string of the molecule is Cc1ccc(OCc2nn(CC(=O)Nc3ncccc3C)c(=S)o2)cc1. The Bertz CT molecular complexity index is 963. The van der Waals surface area contributed by atoms with Gasteiger partial charge in [0, 0.05) is 6.20 Å². The van der Waals surface area contributed by atoms with Crippen LogP contribution in [0.1, 0.15) is 17.0 Å². The number of aromatic nitrogens is 3. The number of carbonyl (C=O) groups is 1. The molecule has 1 aromatic carbocycles. The molecular formula is C18H18N4O3S. The normalized spacial score (nSPS) is 10.5. The zero-order valence-electron chi connectivity index (χ0n) is 14.4. The van der Waals surface area contributed by atoms with E-state index in [1.165, 1.54) is 4.68 Å². The van der Waals surface area contributed by atoms with Crippen molar-refractivity contribution in [3.8, 4) is 5.75 Å². The number of benzene rings is 1. The Morgan fingerprint density at radius 3 is 2.77 bits per heavy atom. The first-order valence-corrected chi connectivity index (χ1v) is 8.40. The van der Waals surface area contributed by atoms with Crippen LogP contribution in [0.2, 0.25) is 0 Å². The van der Waals surface area contributed by atoms with E-state index in [1.807, 2.05) is 44.2 Å². The number of aryl methyl sites for hydroxylation is 2. The molecule has 0 fully saturated rings. The molecule has 0 bridgehead atoms. The van der Waals surface area contributed by atoms with Gasteiger partial charge in [0.1, 0.15) is 18.1 Å². The molecular weight excluding hydrogens is 352 g/mol. The molecule has 0 aliphatic rings. The van der Waals surface area contributed by atoms with E-state index in [4.69, 9.17) is 21.4 Å². The molecule has 0 saturated heterocycles. The zero-order chi connectivity index (χ0) is 18.5. The molecule has 0 saturated carbocycles. The molecule has 7 nitrogen and oxygen atoms in total. The largest absolute Gasteiger partial charge is 0.484 e. The number of anilines is 1. The maximum absolute atomic E-state index is 12.2. The van der Waals surface area contributed by atoms with Crippen LogP contribution >= 0.6 is 12.2 Å². The van der Waals surface area contributed by atoms with Gasteiger partial charge in [0.05, 0.1) is 0 Å². The molecule has 8 heteroatoms. The number of nitrogens with zero attached hydrogens (tertiary/aromatic N) is 3. The van der Waals surface area contributed by atoms with Crippen molar-refractivity contribution in [3.63, 3.8) is 0 Å². The van der Waals surface area contributed by atoms with Crippen molar-refractivity contribution in [1.29, 1.82) is 0 Å². The number of rotatable bonds is 6. The fourth-order valence-electron chi connectivity index (χ4n) is 2.21. The molecule has 2 heterocycles. The number of hydrogen-bond donors (Lipinski definition) is 1. The predicted molar refractivity (Wildman–Crippen MR) is 98.4 cm³/mol. The van der Waals surface area contributed by atoms with Crippen LogP contribution in [0, 0.1) is 18.7 Å². The van der Waals surface area contributed by atoms with Crippen molar-refractivity contribution in [1.82, 2.24) is 14.8 Å². The van der Waals surface area contributed by atoms with Crippen LogP contribution in [-0.4, -0.2) is 20.7 Å². The summed E-state index contributed by atoms with van der Waals surface area (Å²) < 4.78 is 12.3. The van der Waals surface area contributed by atoms with Gasteiger partial charge in [-0.2, -0.15) is 0 Å². The van der Waals surface area contributed by atoms with E-state index >= 15 is 0 Å². The summed E-state index contributed by atoms with van der Waals surface area (Å²) in [6, 6.07) is 11.3. The van der Waals surface area contributed by atoms with Crippen molar-refractivity contribution < 1.29 is 13.9 Å². The van der Waals surface area contributed by atoms with Crippen LogP contribution < -0.4 is 10.1 Å². The maximum atomic E-state index is 12.2. The van der Waals surface area contributed by atoms with Crippen LogP contribution in [0.5, 0.6) is 5.75 Å². The fraction of sp³-hybridized carbons (Fsp3) is 0.222.